The van der Waals surface area contributed by atoms with Crippen molar-refractivity contribution < 1.29 is 14.4 Å². The first-order valence-corrected chi connectivity index (χ1v) is 13.1. The molecule has 0 aromatic heterocycles. The number of aryl methyl sites for hydroxylation is 1. The van der Waals surface area contributed by atoms with E-state index >= 15 is 0 Å². The Morgan fingerprint density at radius 2 is 1.77 bits per heavy atom. The fraction of sp³-hybridized carbons (Fsp3) is 0.194. The number of amides is 4. The Labute approximate surface area is 232 Å². The lowest BCUT2D eigenvalue weighted by Gasteiger charge is -2.33. The minimum Gasteiger partial charge on any atom is -0.326 e. The van der Waals surface area contributed by atoms with E-state index in [0.717, 1.165) is 16.7 Å². The zero-order chi connectivity index (χ0) is 27.5. The van der Waals surface area contributed by atoms with Crippen LogP contribution in [-0.4, -0.2) is 46.8 Å². The van der Waals surface area contributed by atoms with Crippen molar-refractivity contribution in [3.8, 4) is 0 Å². The van der Waals surface area contributed by atoms with Gasteiger partial charge in [0.15, 0.2) is 0 Å². The minimum absolute atomic E-state index is 0.123. The highest BCUT2D eigenvalue weighted by Gasteiger charge is 2.47. The summed E-state index contributed by atoms with van der Waals surface area (Å²) in [6.45, 7) is 6.11. The molecule has 5 rings (SSSR count). The molecule has 2 aliphatic rings. The Hall–Kier alpha value is -4.36. The number of urea groups is 1. The van der Waals surface area contributed by atoms with E-state index in [-0.39, 0.29) is 30.9 Å². The number of carbonyl (C=O) groups excluding carboxylic acids is 3. The molecule has 7 nitrogen and oxygen atoms in total. The van der Waals surface area contributed by atoms with Crippen LogP contribution in [0.1, 0.15) is 22.7 Å². The maximum absolute atomic E-state index is 14.1. The summed E-state index contributed by atoms with van der Waals surface area (Å²) in [5.41, 5.74) is 4.40. The molecule has 3 aromatic carbocycles. The molecule has 0 saturated heterocycles. The third-order valence-corrected chi connectivity index (χ3v) is 7.29. The van der Waals surface area contributed by atoms with Crippen LogP contribution >= 0.6 is 11.6 Å². The average molecular weight is 541 g/mol. The number of nitrogens with one attached hydrogen (secondary N) is 2. The van der Waals surface area contributed by atoms with Crippen LogP contribution in [0.15, 0.2) is 103 Å². The van der Waals surface area contributed by atoms with Crippen LogP contribution in [0.5, 0.6) is 0 Å². The van der Waals surface area contributed by atoms with Gasteiger partial charge < -0.3 is 15.5 Å². The lowest BCUT2D eigenvalue weighted by atomic mass is 9.95. The van der Waals surface area contributed by atoms with Crippen molar-refractivity contribution >= 4 is 35.1 Å². The number of nitrogens with zero attached hydrogens (tertiary/aromatic N) is 2. The summed E-state index contributed by atoms with van der Waals surface area (Å²) >= 11 is 6.10. The summed E-state index contributed by atoms with van der Waals surface area (Å²) in [5, 5.41) is 6.50. The van der Waals surface area contributed by atoms with E-state index in [1.165, 1.54) is 4.90 Å². The summed E-state index contributed by atoms with van der Waals surface area (Å²) in [7, 11) is 0. The Balaban J connectivity index is 1.52. The summed E-state index contributed by atoms with van der Waals surface area (Å²) in [6, 6.07) is 22.4. The number of benzene rings is 3. The topological polar surface area (TPSA) is 81.8 Å². The van der Waals surface area contributed by atoms with Gasteiger partial charge in [-0.1, -0.05) is 77.8 Å². The largest absolute Gasteiger partial charge is 0.326 e. The summed E-state index contributed by atoms with van der Waals surface area (Å²) < 4.78 is 0. The predicted octanol–water partition coefficient (Wildman–Crippen LogP) is 5.25. The number of anilines is 1. The molecule has 2 atom stereocenters. The van der Waals surface area contributed by atoms with Crippen molar-refractivity contribution in [1.29, 1.82) is 0 Å². The van der Waals surface area contributed by atoms with Gasteiger partial charge in [-0.15, -0.1) is 6.58 Å². The highest BCUT2D eigenvalue weighted by Crippen LogP contribution is 2.38. The fourth-order valence-electron chi connectivity index (χ4n) is 5.04. The van der Waals surface area contributed by atoms with Crippen LogP contribution in [0.25, 0.3) is 0 Å². The maximum Gasteiger partial charge on any atom is 0.322 e. The molecule has 198 valence electrons. The van der Waals surface area contributed by atoms with E-state index in [0.29, 0.717) is 28.4 Å². The van der Waals surface area contributed by atoms with Crippen molar-refractivity contribution in [2.24, 2.45) is 0 Å². The molecule has 2 heterocycles. The standard InChI is InChI=1S/C31H29ClN4O3/c1-3-17-35-26-19-36(30(38)27(26)28(34-31(35)39)22-11-13-23(32)14-12-22)25(18-21-7-5-4-6-8-21)29(37)33-24-15-9-20(2)10-16-24/h3-16,25,28H,1,17-19H2,2H3,(H,33,37)(H,34,39). The molecule has 0 saturated carbocycles. The predicted molar refractivity (Wildman–Crippen MR) is 152 cm³/mol. The average Bonchev–Trinajstić information content (AvgIpc) is 3.27. The van der Waals surface area contributed by atoms with Gasteiger partial charge in [-0.05, 0) is 42.3 Å². The minimum atomic E-state index is -0.807. The Morgan fingerprint density at radius 1 is 1.08 bits per heavy atom. The second-order valence-electron chi connectivity index (χ2n) is 9.69. The van der Waals surface area contributed by atoms with Gasteiger partial charge in [0.2, 0.25) is 5.91 Å². The van der Waals surface area contributed by atoms with Gasteiger partial charge in [0.05, 0.1) is 23.9 Å². The molecule has 8 heteroatoms. The van der Waals surface area contributed by atoms with Crippen LogP contribution in [-0.2, 0) is 16.0 Å². The Bertz CT molecular complexity index is 1430. The molecule has 39 heavy (non-hydrogen) atoms. The zero-order valence-corrected chi connectivity index (χ0v) is 22.3. The highest BCUT2D eigenvalue weighted by atomic mass is 35.5. The first-order valence-electron chi connectivity index (χ1n) is 12.8. The summed E-state index contributed by atoms with van der Waals surface area (Å²) in [5.74, 6) is -0.590. The zero-order valence-electron chi connectivity index (χ0n) is 21.6. The molecule has 2 aliphatic heterocycles. The third-order valence-electron chi connectivity index (χ3n) is 7.03. The molecule has 0 radical (unpaired) electrons. The van der Waals surface area contributed by atoms with Gasteiger partial charge in [-0.3, -0.25) is 14.5 Å². The van der Waals surface area contributed by atoms with E-state index < -0.39 is 12.1 Å². The van der Waals surface area contributed by atoms with Crippen LogP contribution in [0.4, 0.5) is 10.5 Å². The van der Waals surface area contributed by atoms with E-state index in [9.17, 15) is 14.4 Å². The van der Waals surface area contributed by atoms with E-state index in [4.69, 9.17) is 11.6 Å². The number of carbonyl (C=O) groups is 3. The maximum atomic E-state index is 14.1. The van der Waals surface area contributed by atoms with E-state index in [1.54, 1.807) is 35.2 Å². The van der Waals surface area contributed by atoms with Crippen molar-refractivity contribution in [2.45, 2.75) is 25.4 Å². The van der Waals surface area contributed by atoms with Crippen LogP contribution in [0.3, 0.4) is 0 Å². The van der Waals surface area contributed by atoms with Crippen molar-refractivity contribution in [2.75, 3.05) is 18.4 Å². The Kier molecular flexibility index (Phi) is 7.52. The quantitative estimate of drug-likeness (QED) is 0.383. The fourth-order valence-corrected chi connectivity index (χ4v) is 5.16. The monoisotopic (exact) mass is 540 g/mol. The van der Waals surface area contributed by atoms with Crippen molar-refractivity contribution in [3.05, 3.63) is 125 Å². The molecule has 0 bridgehead atoms. The normalized spacial score (nSPS) is 17.5. The van der Waals surface area contributed by atoms with Crippen molar-refractivity contribution in [1.82, 2.24) is 15.1 Å². The Morgan fingerprint density at radius 3 is 2.44 bits per heavy atom. The van der Waals surface area contributed by atoms with Gasteiger partial charge in [-0.2, -0.15) is 0 Å². The highest BCUT2D eigenvalue weighted by molar-refractivity contribution is 6.30. The van der Waals surface area contributed by atoms with Gasteiger partial charge in [0, 0.05) is 23.7 Å². The molecular formula is C31H29ClN4O3. The molecule has 0 aliphatic carbocycles. The number of hydrogen-bond donors (Lipinski definition) is 2. The molecule has 3 aromatic rings. The molecule has 2 unspecified atom stereocenters. The number of rotatable bonds is 8. The van der Waals surface area contributed by atoms with E-state index in [2.05, 4.69) is 17.2 Å². The van der Waals surface area contributed by atoms with Crippen LogP contribution in [0, 0.1) is 6.92 Å². The van der Waals surface area contributed by atoms with Gasteiger partial charge in [0.1, 0.15) is 6.04 Å². The van der Waals surface area contributed by atoms with E-state index in [1.807, 2.05) is 61.5 Å². The third kappa shape index (κ3) is 5.45. The summed E-state index contributed by atoms with van der Waals surface area (Å²) in [4.78, 5) is 44.1. The smallest absolute Gasteiger partial charge is 0.322 e. The summed E-state index contributed by atoms with van der Waals surface area (Å²) in [6.07, 6.45) is 1.94. The molecule has 0 spiro atoms. The van der Waals surface area contributed by atoms with Crippen molar-refractivity contribution in [3.63, 3.8) is 0 Å². The number of hydrogen-bond acceptors (Lipinski definition) is 3. The molecule has 2 N–H and O–H groups in total. The molecule has 4 amide bonds. The lowest BCUT2D eigenvalue weighted by molar-refractivity contribution is -0.134. The lowest BCUT2D eigenvalue weighted by Crippen LogP contribution is -2.47. The van der Waals surface area contributed by atoms with Gasteiger partial charge in [-0.25, -0.2) is 4.79 Å². The first kappa shape index (κ1) is 26.3. The van der Waals surface area contributed by atoms with Crippen LogP contribution < -0.4 is 10.6 Å². The second-order valence-corrected chi connectivity index (χ2v) is 10.1. The second kappa shape index (κ2) is 11.2. The molecular weight excluding hydrogens is 512 g/mol. The van der Waals surface area contributed by atoms with Gasteiger partial charge in [0.25, 0.3) is 5.91 Å². The SMILES string of the molecule is C=CCN1C(=O)NC(c2ccc(Cl)cc2)C2=C1CN(C(Cc1ccccc1)C(=O)Nc1ccc(C)cc1)C2=O. The molecule has 0 fully saturated rings. The first-order chi connectivity index (χ1) is 18.9. The van der Waals surface area contributed by atoms with Crippen LogP contribution in [0.2, 0.25) is 5.02 Å². The van der Waals surface area contributed by atoms with Gasteiger partial charge >= 0.3 is 6.03 Å². The number of halogens is 1.